The Balaban J connectivity index is 1.61. The number of benzene rings is 1. The predicted molar refractivity (Wildman–Crippen MR) is 102 cm³/mol. The summed E-state index contributed by atoms with van der Waals surface area (Å²) < 4.78 is 28.6. The Morgan fingerprint density at radius 3 is 2.67 bits per heavy atom. The lowest BCUT2D eigenvalue weighted by Crippen LogP contribution is -2.34. The fourth-order valence-electron chi connectivity index (χ4n) is 3.60. The molecule has 0 radical (unpaired) electrons. The van der Waals surface area contributed by atoms with Crippen LogP contribution in [0.3, 0.4) is 0 Å². The van der Waals surface area contributed by atoms with Gasteiger partial charge in [-0.3, -0.25) is 4.90 Å². The van der Waals surface area contributed by atoms with Crippen LogP contribution in [0.5, 0.6) is 0 Å². The first-order valence-corrected chi connectivity index (χ1v) is 9.51. The van der Waals surface area contributed by atoms with E-state index in [0.29, 0.717) is 24.2 Å². The van der Waals surface area contributed by atoms with Crippen molar-refractivity contribution in [3.8, 4) is 0 Å². The molecule has 2 heterocycles. The van der Waals surface area contributed by atoms with Gasteiger partial charge in [0.25, 0.3) is 0 Å². The number of hydrogen-bond donors (Lipinski definition) is 2. The molecule has 0 amide bonds. The molecule has 1 saturated heterocycles. The van der Waals surface area contributed by atoms with Gasteiger partial charge in [-0.1, -0.05) is 23.7 Å². The fourth-order valence-corrected chi connectivity index (χ4v) is 3.79. The monoisotopic (exact) mass is 395 g/mol. The van der Waals surface area contributed by atoms with Gasteiger partial charge in [0.05, 0.1) is 16.8 Å². The second-order valence-electron chi connectivity index (χ2n) is 7.21. The lowest BCUT2D eigenvalue weighted by Gasteiger charge is -2.32. The molecule has 2 aromatic rings. The highest BCUT2D eigenvalue weighted by molar-refractivity contribution is 6.30. The van der Waals surface area contributed by atoms with E-state index in [1.165, 1.54) is 13.0 Å². The Kier molecular flexibility index (Phi) is 6.29. The van der Waals surface area contributed by atoms with E-state index in [-0.39, 0.29) is 28.1 Å². The van der Waals surface area contributed by atoms with E-state index < -0.39 is 11.9 Å². The molecule has 1 unspecified atom stereocenters. The molecule has 27 heavy (non-hydrogen) atoms. The number of halogens is 3. The van der Waals surface area contributed by atoms with Crippen molar-refractivity contribution in [2.24, 2.45) is 5.92 Å². The molecule has 1 aromatic carbocycles. The summed E-state index contributed by atoms with van der Waals surface area (Å²) in [5.41, 5.74) is 6.85. The number of nitrogen functional groups attached to an aromatic ring is 1. The number of piperidine rings is 1. The molecule has 1 aromatic heterocycles. The van der Waals surface area contributed by atoms with Gasteiger partial charge >= 0.3 is 0 Å². The quantitative estimate of drug-likeness (QED) is 0.800. The van der Waals surface area contributed by atoms with E-state index in [9.17, 15) is 13.9 Å². The van der Waals surface area contributed by atoms with Crippen molar-refractivity contribution in [1.82, 2.24) is 9.88 Å². The third-order valence-corrected chi connectivity index (χ3v) is 5.43. The molecule has 146 valence electrons. The lowest BCUT2D eigenvalue weighted by atomic mass is 9.91. The van der Waals surface area contributed by atoms with Gasteiger partial charge in [0.1, 0.15) is 11.6 Å². The smallest absolute Gasteiger partial charge is 0.150 e. The van der Waals surface area contributed by atoms with Crippen molar-refractivity contribution in [3.05, 3.63) is 57.7 Å². The molecule has 1 aliphatic heterocycles. The van der Waals surface area contributed by atoms with E-state index in [0.717, 1.165) is 25.9 Å². The Bertz CT molecular complexity index is 808. The summed E-state index contributed by atoms with van der Waals surface area (Å²) in [6, 6.07) is 6.42. The first-order valence-electron chi connectivity index (χ1n) is 9.13. The van der Waals surface area contributed by atoms with E-state index in [4.69, 9.17) is 17.3 Å². The van der Waals surface area contributed by atoms with E-state index in [1.807, 2.05) is 0 Å². The van der Waals surface area contributed by atoms with Gasteiger partial charge in [0, 0.05) is 17.7 Å². The van der Waals surface area contributed by atoms with Crippen molar-refractivity contribution in [3.63, 3.8) is 0 Å². The molecule has 3 N–H and O–H groups in total. The summed E-state index contributed by atoms with van der Waals surface area (Å²) in [5, 5.41) is 9.84. The zero-order valence-electron chi connectivity index (χ0n) is 15.3. The van der Waals surface area contributed by atoms with Crippen LogP contribution in [0, 0.1) is 17.6 Å². The maximum atomic E-state index is 14.6. The standard InChI is InChI=1S/C20H24ClF2N3O/c1-12(27)15-10-18(24)25-17(20(15)23)9-13-5-7-26(8-6-13)11-14-3-2-4-16(21)19(14)22/h2-4,10,12-13,27H,5-9,11H2,1H3,(H2,24,25). The first kappa shape index (κ1) is 20.0. The summed E-state index contributed by atoms with van der Waals surface area (Å²) in [6.07, 6.45) is 1.28. The second-order valence-corrected chi connectivity index (χ2v) is 7.62. The highest BCUT2D eigenvalue weighted by atomic mass is 35.5. The minimum Gasteiger partial charge on any atom is -0.389 e. The van der Waals surface area contributed by atoms with Crippen LogP contribution in [0.15, 0.2) is 24.3 Å². The van der Waals surface area contributed by atoms with Crippen LogP contribution in [0.2, 0.25) is 5.02 Å². The SMILES string of the molecule is CC(O)c1cc(N)nc(CC2CCN(Cc3cccc(Cl)c3F)CC2)c1F. The molecule has 1 aliphatic rings. The zero-order chi connectivity index (χ0) is 19.6. The van der Waals surface area contributed by atoms with Crippen molar-refractivity contribution < 1.29 is 13.9 Å². The Labute approximate surface area is 163 Å². The summed E-state index contributed by atoms with van der Waals surface area (Å²) in [6.45, 7) is 3.61. The average Bonchev–Trinajstić information content (AvgIpc) is 2.63. The van der Waals surface area contributed by atoms with Crippen LogP contribution in [0.25, 0.3) is 0 Å². The number of anilines is 1. The van der Waals surface area contributed by atoms with Gasteiger partial charge in [-0.05, 0) is 57.3 Å². The van der Waals surface area contributed by atoms with Crippen molar-refractivity contribution in [2.75, 3.05) is 18.8 Å². The van der Waals surface area contributed by atoms with Crippen molar-refractivity contribution >= 4 is 17.4 Å². The van der Waals surface area contributed by atoms with Crippen LogP contribution in [0.4, 0.5) is 14.6 Å². The number of nitrogens with two attached hydrogens (primary N) is 1. The molecule has 0 aliphatic carbocycles. The Hall–Kier alpha value is -1.76. The number of aliphatic hydroxyl groups is 1. The number of aliphatic hydroxyl groups excluding tert-OH is 1. The molecule has 0 spiro atoms. The summed E-state index contributed by atoms with van der Waals surface area (Å²) >= 11 is 5.84. The molecule has 1 atom stereocenters. The molecule has 0 saturated carbocycles. The number of likely N-dealkylation sites (tertiary alicyclic amines) is 1. The molecule has 3 rings (SSSR count). The number of aromatic nitrogens is 1. The third kappa shape index (κ3) is 4.75. The Morgan fingerprint density at radius 2 is 2.00 bits per heavy atom. The normalized spacial score (nSPS) is 17.2. The van der Waals surface area contributed by atoms with Gasteiger partial charge in [-0.25, -0.2) is 13.8 Å². The summed E-state index contributed by atoms with van der Waals surface area (Å²) in [5.74, 6) is -0.340. The van der Waals surface area contributed by atoms with Gasteiger partial charge < -0.3 is 10.8 Å². The molecular weight excluding hydrogens is 372 g/mol. The Morgan fingerprint density at radius 1 is 1.30 bits per heavy atom. The summed E-state index contributed by atoms with van der Waals surface area (Å²) in [7, 11) is 0. The number of hydrogen-bond acceptors (Lipinski definition) is 4. The van der Waals surface area contributed by atoms with Crippen LogP contribution >= 0.6 is 11.6 Å². The summed E-state index contributed by atoms with van der Waals surface area (Å²) in [4.78, 5) is 6.31. The highest BCUT2D eigenvalue weighted by Crippen LogP contribution is 2.27. The predicted octanol–water partition coefficient (Wildman–Crippen LogP) is 4.10. The second kappa shape index (κ2) is 8.50. The van der Waals surface area contributed by atoms with Gasteiger partial charge in [0.15, 0.2) is 5.82 Å². The molecule has 0 bridgehead atoms. The van der Waals surface area contributed by atoms with Crippen LogP contribution in [-0.2, 0) is 13.0 Å². The van der Waals surface area contributed by atoms with Crippen molar-refractivity contribution in [1.29, 1.82) is 0 Å². The molecule has 7 heteroatoms. The fraction of sp³-hybridized carbons (Fsp3) is 0.450. The zero-order valence-corrected chi connectivity index (χ0v) is 16.0. The van der Waals surface area contributed by atoms with Crippen LogP contribution in [0.1, 0.15) is 42.7 Å². The maximum Gasteiger partial charge on any atom is 0.150 e. The van der Waals surface area contributed by atoms with Gasteiger partial charge in [-0.15, -0.1) is 0 Å². The number of pyridine rings is 1. The first-order chi connectivity index (χ1) is 12.8. The topological polar surface area (TPSA) is 62.4 Å². The van der Waals surface area contributed by atoms with Gasteiger partial charge in [0.2, 0.25) is 0 Å². The van der Waals surface area contributed by atoms with Crippen LogP contribution < -0.4 is 5.73 Å². The minimum absolute atomic E-state index is 0.138. The molecule has 1 fully saturated rings. The van der Waals surface area contributed by atoms with E-state index in [1.54, 1.807) is 18.2 Å². The number of nitrogens with zero attached hydrogens (tertiary/aromatic N) is 2. The lowest BCUT2D eigenvalue weighted by molar-refractivity contribution is 0.173. The van der Waals surface area contributed by atoms with E-state index >= 15 is 0 Å². The average molecular weight is 396 g/mol. The molecule has 4 nitrogen and oxygen atoms in total. The van der Waals surface area contributed by atoms with Crippen LogP contribution in [-0.4, -0.2) is 28.1 Å². The third-order valence-electron chi connectivity index (χ3n) is 5.14. The molecular formula is C20H24ClF2N3O. The number of rotatable bonds is 5. The minimum atomic E-state index is -0.927. The largest absolute Gasteiger partial charge is 0.389 e. The van der Waals surface area contributed by atoms with Crippen molar-refractivity contribution in [2.45, 2.75) is 38.8 Å². The maximum absolute atomic E-state index is 14.6. The van der Waals surface area contributed by atoms with Gasteiger partial charge in [-0.2, -0.15) is 0 Å². The highest BCUT2D eigenvalue weighted by Gasteiger charge is 2.24. The van der Waals surface area contributed by atoms with E-state index in [2.05, 4.69) is 9.88 Å².